The summed E-state index contributed by atoms with van der Waals surface area (Å²) in [6.07, 6.45) is 1.13. The zero-order valence-corrected chi connectivity index (χ0v) is 18.9. The van der Waals surface area contributed by atoms with Crippen LogP contribution < -0.4 is 0 Å². The van der Waals surface area contributed by atoms with E-state index in [2.05, 4.69) is 77.1 Å². The number of allylic oxidation sites excluding steroid dienone is 1. The average Bonchev–Trinajstić information content (AvgIpc) is 3.35. The van der Waals surface area contributed by atoms with E-state index in [1.165, 1.54) is 16.7 Å². The largest absolute Gasteiger partial charge is 0.396 e. The minimum Gasteiger partial charge on any atom is -0.396 e. The lowest BCUT2D eigenvalue weighted by atomic mass is 9.80. The van der Waals surface area contributed by atoms with Crippen LogP contribution in [0.25, 0.3) is 0 Å². The maximum atomic E-state index is 9.40. The molecule has 0 amide bonds. The minimum atomic E-state index is 0.127. The molecule has 0 bridgehead atoms. The van der Waals surface area contributed by atoms with Crippen LogP contribution in [-0.2, 0) is 0 Å². The summed E-state index contributed by atoms with van der Waals surface area (Å²) in [6.45, 7) is 13.5. The smallest absolute Gasteiger partial charge is 0.0641 e. The zero-order chi connectivity index (χ0) is 21.7. The molecule has 4 unspecified atom stereocenters. The highest BCUT2D eigenvalue weighted by Crippen LogP contribution is 2.69. The highest BCUT2D eigenvalue weighted by Gasteiger charge is 2.62. The second kappa shape index (κ2) is 9.73. The molecular weight excluding hydrogens is 356 g/mol. The monoisotopic (exact) mass is 394 g/mol. The van der Waals surface area contributed by atoms with Crippen molar-refractivity contribution in [1.29, 1.82) is 0 Å². The van der Waals surface area contributed by atoms with Crippen LogP contribution in [0.15, 0.2) is 71.8 Å². The molecule has 2 N–H and O–H groups in total. The van der Waals surface area contributed by atoms with Gasteiger partial charge in [0.05, 0.1) is 6.61 Å². The molecule has 1 fully saturated rings. The van der Waals surface area contributed by atoms with Crippen LogP contribution in [0, 0.1) is 10.8 Å². The molecule has 158 valence electrons. The molecule has 0 heterocycles. The fourth-order valence-corrected chi connectivity index (χ4v) is 4.27. The molecule has 0 radical (unpaired) electrons. The predicted octanol–water partition coefficient (Wildman–Crippen LogP) is 6.32. The second-order valence-electron chi connectivity index (χ2n) is 9.20. The van der Waals surface area contributed by atoms with Crippen molar-refractivity contribution in [3.63, 3.8) is 0 Å². The standard InChI is InChI=1S/C14H20O.C13H18O/c1-11(12-7-5-4-6-8-12)14(3)9-13(14,2)10-15;1-10(9-14)11(2)12(3)13-7-5-4-6-8-13/h4-8,11,15H,9-10H2,1-3H3;4-8,12,14H,9H2,1-3H3/b;11-10-. The summed E-state index contributed by atoms with van der Waals surface area (Å²) in [7, 11) is 0. The molecule has 1 aliphatic carbocycles. The molecule has 29 heavy (non-hydrogen) atoms. The Kier molecular flexibility index (Phi) is 7.85. The van der Waals surface area contributed by atoms with E-state index in [9.17, 15) is 5.11 Å². The van der Waals surface area contributed by atoms with Crippen molar-refractivity contribution < 1.29 is 10.2 Å². The third-order valence-corrected chi connectivity index (χ3v) is 7.47. The van der Waals surface area contributed by atoms with Gasteiger partial charge in [-0.05, 0) is 53.7 Å². The Hall–Kier alpha value is -1.90. The Morgan fingerprint density at radius 3 is 1.76 bits per heavy atom. The van der Waals surface area contributed by atoms with E-state index >= 15 is 0 Å². The lowest BCUT2D eigenvalue weighted by Crippen LogP contribution is -2.18. The Balaban J connectivity index is 0.000000208. The third-order valence-electron chi connectivity index (χ3n) is 7.47. The first-order chi connectivity index (χ1) is 13.7. The van der Waals surface area contributed by atoms with Crippen molar-refractivity contribution in [1.82, 2.24) is 0 Å². The van der Waals surface area contributed by atoms with Crippen molar-refractivity contribution in [2.75, 3.05) is 13.2 Å². The van der Waals surface area contributed by atoms with Gasteiger partial charge in [0.15, 0.2) is 0 Å². The van der Waals surface area contributed by atoms with Gasteiger partial charge < -0.3 is 10.2 Å². The lowest BCUT2D eigenvalue weighted by Gasteiger charge is -2.24. The van der Waals surface area contributed by atoms with Gasteiger partial charge in [-0.2, -0.15) is 0 Å². The van der Waals surface area contributed by atoms with Gasteiger partial charge in [-0.25, -0.2) is 0 Å². The predicted molar refractivity (Wildman–Crippen MR) is 123 cm³/mol. The highest BCUT2D eigenvalue weighted by atomic mass is 16.3. The number of aliphatic hydroxyl groups is 2. The van der Waals surface area contributed by atoms with Gasteiger partial charge in [0.25, 0.3) is 0 Å². The fourth-order valence-electron chi connectivity index (χ4n) is 4.27. The van der Waals surface area contributed by atoms with Crippen LogP contribution in [0.1, 0.15) is 70.9 Å². The Bertz CT molecular complexity index is 796. The first-order valence-electron chi connectivity index (χ1n) is 10.7. The van der Waals surface area contributed by atoms with E-state index in [1.54, 1.807) is 0 Å². The first-order valence-corrected chi connectivity index (χ1v) is 10.7. The number of hydrogen-bond donors (Lipinski definition) is 2. The van der Waals surface area contributed by atoms with E-state index in [0.717, 1.165) is 12.0 Å². The molecule has 0 aliphatic heterocycles. The molecule has 4 atom stereocenters. The van der Waals surface area contributed by atoms with E-state index < -0.39 is 0 Å². The van der Waals surface area contributed by atoms with E-state index in [-0.39, 0.29) is 17.4 Å². The summed E-state index contributed by atoms with van der Waals surface area (Å²) < 4.78 is 0. The van der Waals surface area contributed by atoms with Gasteiger partial charge >= 0.3 is 0 Å². The van der Waals surface area contributed by atoms with E-state index in [0.29, 0.717) is 18.4 Å². The number of rotatable bonds is 6. The maximum absolute atomic E-state index is 9.40. The highest BCUT2D eigenvalue weighted by molar-refractivity contribution is 5.29. The van der Waals surface area contributed by atoms with Gasteiger partial charge in [0, 0.05) is 12.5 Å². The van der Waals surface area contributed by atoms with Crippen molar-refractivity contribution >= 4 is 0 Å². The molecule has 3 rings (SSSR count). The molecule has 2 nitrogen and oxygen atoms in total. The number of aliphatic hydroxyl groups excluding tert-OH is 2. The van der Waals surface area contributed by atoms with Gasteiger partial charge in [-0.15, -0.1) is 0 Å². The molecule has 1 saturated carbocycles. The van der Waals surface area contributed by atoms with Crippen LogP contribution >= 0.6 is 0 Å². The van der Waals surface area contributed by atoms with Crippen LogP contribution in [0.2, 0.25) is 0 Å². The lowest BCUT2D eigenvalue weighted by molar-refractivity contribution is 0.180. The van der Waals surface area contributed by atoms with Gasteiger partial charge in [0.2, 0.25) is 0 Å². The topological polar surface area (TPSA) is 40.5 Å². The summed E-state index contributed by atoms with van der Waals surface area (Å²) in [6, 6.07) is 21.0. The summed E-state index contributed by atoms with van der Waals surface area (Å²) >= 11 is 0. The van der Waals surface area contributed by atoms with Crippen molar-refractivity contribution in [2.45, 2.75) is 59.8 Å². The Morgan fingerprint density at radius 1 is 0.862 bits per heavy atom. The molecule has 2 aromatic carbocycles. The minimum absolute atomic E-state index is 0.127. The quantitative estimate of drug-likeness (QED) is 0.563. The van der Waals surface area contributed by atoms with Crippen LogP contribution in [0.3, 0.4) is 0 Å². The zero-order valence-electron chi connectivity index (χ0n) is 18.9. The van der Waals surface area contributed by atoms with Gasteiger partial charge in [0.1, 0.15) is 0 Å². The maximum Gasteiger partial charge on any atom is 0.0641 e. The normalized spacial score (nSPS) is 25.9. The number of benzene rings is 2. The third kappa shape index (κ3) is 5.18. The second-order valence-corrected chi connectivity index (χ2v) is 9.20. The molecule has 2 aromatic rings. The van der Waals surface area contributed by atoms with Crippen LogP contribution in [0.5, 0.6) is 0 Å². The molecule has 2 heteroatoms. The molecular formula is C27H38O2. The summed E-state index contributed by atoms with van der Waals surface area (Å²) in [5.74, 6) is 0.916. The summed E-state index contributed by atoms with van der Waals surface area (Å²) in [5, 5.41) is 18.4. The van der Waals surface area contributed by atoms with E-state index in [1.807, 2.05) is 25.1 Å². The van der Waals surface area contributed by atoms with Crippen molar-refractivity contribution in [3.05, 3.63) is 82.9 Å². The molecule has 0 saturated heterocycles. The molecule has 1 aliphatic rings. The Morgan fingerprint density at radius 2 is 1.34 bits per heavy atom. The van der Waals surface area contributed by atoms with Gasteiger partial charge in [-0.1, -0.05) is 93.9 Å². The summed E-state index contributed by atoms with van der Waals surface area (Å²) in [4.78, 5) is 0. The Labute approximate surface area is 177 Å². The number of hydrogen-bond acceptors (Lipinski definition) is 2. The van der Waals surface area contributed by atoms with E-state index in [4.69, 9.17) is 5.11 Å². The summed E-state index contributed by atoms with van der Waals surface area (Å²) in [5.41, 5.74) is 5.42. The van der Waals surface area contributed by atoms with Gasteiger partial charge in [-0.3, -0.25) is 0 Å². The van der Waals surface area contributed by atoms with Crippen molar-refractivity contribution in [2.24, 2.45) is 10.8 Å². The van der Waals surface area contributed by atoms with Crippen LogP contribution in [0.4, 0.5) is 0 Å². The van der Waals surface area contributed by atoms with Crippen molar-refractivity contribution in [3.8, 4) is 0 Å². The average molecular weight is 395 g/mol. The molecule has 0 spiro atoms. The van der Waals surface area contributed by atoms with Crippen LogP contribution in [-0.4, -0.2) is 23.4 Å². The SMILES string of the molecule is C/C(CO)=C(\C)C(C)c1ccccc1.CC(c1ccccc1)C1(C)CC1(C)CO. The first kappa shape index (κ1) is 23.4. The molecule has 0 aromatic heterocycles. The fraction of sp³-hybridized carbons (Fsp3) is 0.481.